The number of nitrogens with zero attached hydrogens (tertiary/aromatic N) is 1. The fourth-order valence-corrected chi connectivity index (χ4v) is 0.855. The molecule has 1 N–H and O–H groups in total. The summed E-state index contributed by atoms with van der Waals surface area (Å²) in [5.41, 5.74) is -0.469. The Morgan fingerprint density at radius 3 is 2.38 bits per heavy atom. The molecule has 0 saturated carbocycles. The number of aromatic amines is 1. The Morgan fingerprint density at radius 1 is 1.38 bits per heavy atom. The van der Waals surface area contributed by atoms with Crippen molar-refractivity contribution in [2.75, 3.05) is 0 Å². The van der Waals surface area contributed by atoms with E-state index in [0.29, 0.717) is 5.69 Å². The van der Waals surface area contributed by atoms with Crippen LogP contribution in [-0.4, -0.2) is 16.0 Å². The summed E-state index contributed by atoms with van der Waals surface area (Å²) in [5.74, 6) is -0.0799. The summed E-state index contributed by atoms with van der Waals surface area (Å²) in [6, 6.07) is 2.73. The molecule has 0 unspecified atom stereocenters. The Balaban J connectivity index is 3.04. The van der Waals surface area contributed by atoms with Gasteiger partial charge in [0.05, 0.1) is 0 Å². The van der Waals surface area contributed by atoms with Gasteiger partial charge in [0.15, 0.2) is 5.78 Å². The normalized spacial score (nSPS) is 11.3. The van der Waals surface area contributed by atoms with Crippen molar-refractivity contribution in [2.45, 2.75) is 20.8 Å². The lowest BCUT2D eigenvalue weighted by molar-refractivity contribution is 0.0851. The first-order valence-corrected chi connectivity index (χ1v) is 4.02. The molecular formula is C9H12N2O2. The zero-order chi connectivity index (χ0) is 10.1. The molecule has 0 aliphatic heterocycles. The van der Waals surface area contributed by atoms with Crippen molar-refractivity contribution in [1.29, 1.82) is 0 Å². The molecule has 0 atom stereocenters. The summed E-state index contributed by atoms with van der Waals surface area (Å²) in [5, 5.41) is 5.88. The maximum Gasteiger partial charge on any atom is 0.264 e. The van der Waals surface area contributed by atoms with Gasteiger partial charge in [-0.3, -0.25) is 9.59 Å². The molecule has 1 rings (SSSR count). The van der Waals surface area contributed by atoms with Crippen LogP contribution in [-0.2, 0) is 0 Å². The lowest BCUT2D eigenvalue weighted by Crippen LogP contribution is -2.23. The summed E-state index contributed by atoms with van der Waals surface area (Å²) in [4.78, 5) is 22.3. The first-order chi connectivity index (χ1) is 5.91. The third-order valence-corrected chi connectivity index (χ3v) is 1.59. The lowest BCUT2D eigenvalue weighted by Gasteiger charge is -2.14. The number of hydrogen-bond acceptors (Lipinski definition) is 3. The predicted octanol–water partition coefficient (Wildman–Crippen LogP) is 0.999. The van der Waals surface area contributed by atoms with Gasteiger partial charge in [0.1, 0.15) is 5.69 Å². The standard InChI is InChI=1S/C9H12N2O2/c1-9(2,3)8(13)6-4-5-7(12)11-10-6/h4-5H,1-3H3,(H,11,12). The second kappa shape index (κ2) is 3.12. The molecule has 1 heterocycles. The minimum absolute atomic E-state index is 0.0799. The molecule has 4 heteroatoms. The highest BCUT2D eigenvalue weighted by molar-refractivity contribution is 5.97. The molecular weight excluding hydrogens is 168 g/mol. The molecule has 13 heavy (non-hydrogen) atoms. The van der Waals surface area contributed by atoms with Crippen molar-refractivity contribution < 1.29 is 4.79 Å². The van der Waals surface area contributed by atoms with Crippen molar-refractivity contribution in [3.05, 3.63) is 28.2 Å². The van der Waals surface area contributed by atoms with E-state index in [-0.39, 0.29) is 11.3 Å². The van der Waals surface area contributed by atoms with Gasteiger partial charge in [-0.25, -0.2) is 5.10 Å². The van der Waals surface area contributed by atoms with E-state index < -0.39 is 5.41 Å². The average molecular weight is 180 g/mol. The summed E-state index contributed by atoms with van der Waals surface area (Å²) in [6.45, 7) is 5.42. The van der Waals surface area contributed by atoms with Crippen LogP contribution in [0.2, 0.25) is 0 Å². The van der Waals surface area contributed by atoms with Crippen LogP contribution >= 0.6 is 0 Å². The molecule has 0 aromatic carbocycles. The Labute approximate surface area is 76.0 Å². The topological polar surface area (TPSA) is 62.8 Å². The van der Waals surface area contributed by atoms with Gasteiger partial charge in [-0.1, -0.05) is 20.8 Å². The van der Waals surface area contributed by atoms with Gasteiger partial charge in [-0.2, -0.15) is 5.10 Å². The van der Waals surface area contributed by atoms with Gasteiger partial charge in [0, 0.05) is 11.5 Å². The fourth-order valence-electron chi connectivity index (χ4n) is 0.855. The summed E-state index contributed by atoms with van der Waals surface area (Å²) in [7, 11) is 0. The number of ketones is 1. The smallest absolute Gasteiger partial charge is 0.264 e. The van der Waals surface area contributed by atoms with E-state index in [1.807, 2.05) is 20.8 Å². The predicted molar refractivity (Wildman–Crippen MR) is 48.6 cm³/mol. The molecule has 0 radical (unpaired) electrons. The highest BCUT2D eigenvalue weighted by atomic mass is 16.1. The van der Waals surface area contributed by atoms with Crippen molar-refractivity contribution in [1.82, 2.24) is 10.2 Å². The van der Waals surface area contributed by atoms with Gasteiger partial charge in [0.2, 0.25) is 0 Å². The monoisotopic (exact) mass is 180 g/mol. The second-order valence-corrected chi connectivity index (χ2v) is 3.89. The van der Waals surface area contributed by atoms with Gasteiger partial charge in [-0.05, 0) is 6.07 Å². The molecule has 0 saturated heterocycles. The number of hydrogen-bond donors (Lipinski definition) is 1. The average Bonchev–Trinajstić information content (AvgIpc) is 2.03. The second-order valence-electron chi connectivity index (χ2n) is 3.89. The van der Waals surface area contributed by atoms with Gasteiger partial charge in [-0.15, -0.1) is 0 Å². The fraction of sp³-hybridized carbons (Fsp3) is 0.444. The van der Waals surface area contributed by atoms with Crippen molar-refractivity contribution in [3.63, 3.8) is 0 Å². The van der Waals surface area contributed by atoms with Crippen LogP contribution in [0.5, 0.6) is 0 Å². The summed E-state index contributed by atoms with van der Waals surface area (Å²) < 4.78 is 0. The van der Waals surface area contributed by atoms with E-state index in [4.69, 9.17) is 0 Å². The third kappa shape index (κ3) is 2.24. The molecule has 0 amide bonds. The molecule has 4 nitrogen and oxygen atoms in total. The number of rotatable bonds is 1. The summed E-state index contributed by atoms with van der Waals surface area (Å²) in [6.07, 6.45) is 0. The Morgan fingerprint density at radius 2 is 2.00 bits per heavy atom. The van der Waals surface area contributed by atoms with E-state index in [1.165, 1.54) is 12.1 Å². The first-order valence-electron chi connectivity index (χ1n) is 4.02. The maximum absolute atomic E-state index is 11.6. The van der Waals surface area contributed by atoms with Gasteiger partial charge < -0.3 is 0 Å². The van der Waals surface area contributed by atoms with Crippen molar-refractivity contribution >= 4 is 5.78 Å². The number of nitrogens with one attached hydrogen (secondary N) is 1. The quantitative estimate of drug-likeness (QED) is 0.656. The van der Waals surface area contributed by atoms with Crippen LogP contribution in [0.1, 0.15) is 31.3 Å². The third-order valence-electron chi connectivity index (χ3n) is 1.59. The van der Waals surface area contributed by atoms with Crippen molar-refractivity contribution in [3.8, 4) is 0 Å². The van der Waals surface area contributed by atoms with Crippen LogP contribution in [0.3, 0.4) is 0 Å². The molecule has 1 aromatic heterocycles. The SMILES string of the molecule is CC(C)(C)C(=O)c1ccc(=O)[nH]n1. The minimum atomic E-state index is -0.467. The highest BCUT2D eigenvalue weighted by Gasteiger charge is 2.23. The Bertz CT molecular complexity index is 353. The van der Waals surface area contributed by atoms with E-state index in [1.54, 1.807) is 0 Å². The van der Waals surface area contributed by atoms with E-state index in [9.17, 15) is 9.59 Å². The molecule has 0 aliphatic rings. The van der Waals surface area contributed by atoms with Crippen LogP contribution in [0.4, 0.5) is 0 Å². The van der Waals surface area contributed by atoms with Gasteiger partial charge in [0.25, 0.3) is 5.56 Å². The van der Waals surface area contributed by atoms with Crippen LogP contribution in [0.15, 0.2) is 16.9 Å². The highest BCUT2D eigenvalue weighted by Crippen LogP contribution is 2.18. The Hall–Kier alpha value is -1.45. The van der Waals surface area contributed by atoms with Crippen LogP contribution < -0.4 is 5.56 Å². The molecule has 0 bridgehead atoms. The van der Waals surface area contributed by atoms with E-state index >= 15 is 0 Å². The van der Waals surface area contributed by atoms with Crippen molar-refractivity contribution in [2.24, 2.45) is 5.41 Å². The van der Waals surface area contributed by atoms with Crippen LogP contribution in [0.25, 0.3) is 0 Å². The number of aromatic nitrogens is 2. The lowest BCUT2D eigenvalue weighted by atomic mass is 9.89. The zero-order valence-electron chi connectivity index (χ0n) is 7.92. The number of Topliss-reactive ketones (excluding diaryl/α,β-unsaturated/α-hetero) is 1. The maximum atomic E-state index is 11.6. The van der Waals surface area contributed by atoms with Crippen LogP contribution in [0, 0.1) is 5.41 Å². The van der Waals surface area contributed by atoms with E-state index in [2.05, 4.69) is 10.2 Å². The zero-order valence-corrected chi connectivity index (χ0v) is 7.92. The molecule has 0 fully saturated rings. The summed E-state index contributed by atoms with van der Waals surface area (Å²) >= 11 is 0. The molecule has 70 valence electrons. The van der Waals surface area contributed by atoms with Gasteiger partial charge >= 0.3 is 0 Å². The molecule has 1 aromatic rings. The van der Waals surface area contributed by atoms with E-state index in [0.717, 1.165) is 0 Å². The largest absolute Gasteiger partial charge is 0.292 e. The number of carbonyl (C=O) groups excluding carboxylic acids is 1. The number of H-pyrrole nitrogens is 1. The number of carbonyl (C=O) groups is 1. The minimum Gasteiger partial charge on any atom is -0.292 e. The molecule has 0 spiro atoms. The first kappa shape index (κ1) is 9.64. The Kier molecular flexibility index (Phi) is 2.32. The molecule has 0 aliphatic carbocycles.